The zero-order chi connectivity index (χ0) is 22.7. The summed E-state index contributed by atoms with van der Waals surface area (Å²) in [6, 6.07) is 16.0. The monoisotopic (exact) mass is 448 g/mol. The summed E-state index contributed by atoms with van der Waals surface area (Å²) in [5.41, 5.74) is 1.27. The van der Waals surface area contributed by atoms with E-state index in [0.29, 0.717) is 16.9 Å². The number of benzene rings is 2. The van der Waals surface area contributed by atoms with Crippen molar-refractivity contribution in [3.63, 3.8) is 0 Å². The highest BCUT2D eigenvalue weighted by Gasteiger charge is 2.19. The Labute approximate surface area is 188 Å². The van der Waals surface area contributed by atoms with E-state index in [0.717, 1.165) is 9.44 Å². The van der Waals surface area contributed by atoms with Crippen molar-refractivity contribution in [2.45, 2.75) is 0 Å². The first-order valence-electron chi connectivity index (χ1n) is 9.64. The molecule has 0 aliphatic heterocycles. The molecule has 0 bridgehead atoms. The van der Waals surface area contributed by atoms with Crippen LogP contribution in [0.2, 0.25) is 0 Å². The van der Waals surface area contributed by atoms with Gasteiger partial charge in [-0.1, -0.05) is 24.3 Å². The molecule has 0 aliphatic rings. The van der Waals surface area contributed by atoms with Crippen molar-refractivity contribution in [3.05, 3.63) is 88.3 Å². The second kappa shape index (κ2) is 8.99. The molecule has 4 rings (SSSR count). The minimum atomic E-state index is -0.501. The molecule has 0 unspecified atom stereocenters. The van der Waals surface area contributed by atoms with Crippen molar-refractivity contribution in [2.75, 3.05) is 14.2 Å². The second-order valence-electron chi connectivity index (χ2n) is 6.76. The Balaban J connectivity index is 1.77. The Kier molecular flexibility index (Phi) is 5.96. The smallest absolute Gasteiger partial charge is 0.340 e. The van der Waals surface area contributed by atoms with Gasteiger partial charge in [-0.25, -0.2) is 9.36 Å². The summed E-state index contributed by atoms with van der Waals surface area (Å²) in [5, 5.41) is 12.0. The van der Waals surface area contributed by atoms with Gasteiger partial charge in [0.25, 0.3) is 5.91 Å². The number of imidazole rings is 1. The predicted octanol–water partition coefficient (Wildman–Crippen LogP) is 4.44. The van der Waals surface area contributed by atoms with E-state index in [9.17, 15) is 14.7 Å². The summed E-state index contributed by atoms with van der Waals surface area (Å²) in [4.78, 5) is 27.1. The summed E-state index contributed by atoms with van der Waals surface area (Å²) in [6.45, 7) is 0. The minimum Gasteiger partial charge on any atom is -0.502 e. The van der Waals surface area contributed by atoms with Crippen LogP contribution >= 0.6 is 11.3 Å². The van der Waals surface area contributed by atoms with E-state index in [1.807, 2.05) is 35.7 Å². The first kappa shape index (κ1) is 21.2. The van der Waals surface area contributed by atoms with Crippen LogP contribution < -0.4 is 15.2 Å². The molecule has 4 aromatic rings. The zero-order valence-electron chi connectivity index (χ0n) is 17.4. The first-order valence-corrected chi connectivity index (χ1v) is 10.5. The van der Waals surface area contributed by atoms with Gasteiger partial charge in [0, 0.05) is 12.3 Å². The fraction of sp³-hybridized carbons (Fsp3) is 0.0833. The van der Waals surface area contributed by atoms with Crippen LogP contribution in [0.15, 0.2) is 77.0 Å². The molecule has 0 aliphatic carbocycles. The standard InChI is InChI=1S/C24H20N2O5S/c1-30-19-13-16(14-20(31-2)23(19)28)10-11-22(27)26-18(21-9-6-12-32-21)15-25(24(26)29)17-7-4-3-5-8-17/h3-15,28H,1-2H3. The summed E-state index contributed by atoms with van der Waals surface area (Å²) < 4.78 is 12.9. The number of para-hydroxylation sites is 1. The Bertz CT molecular complexity index is 1310. The lowest BCUT2D eigenvalue weighted by Crippen LogP contribution is -2.27. The van der Waals surface area contributed by atoms with E-state index in [4.69, 9.17) is 9.47 Å². The molecule has 7 nitrogen and oxygen atoms in total. The van der Waals surface area contributed by atoms with Crippen LogP contribution in [0, 0.1) is 0 Å². The molecule has 8 heteroatoms. The normalized spacial score (nSPS) is 11.1. The quantitative estimate of drug-likeness (QED) is 0.441. The third kappa shape index (κ3) is 3.95. The highest BCUT2D eigenvalue weighted by molar-refractivity contribution is 7.13. The number of allylic oxidation sites excluding steroid dienone is 1. The summed E-state index contributed by atoms with van der Waals surface area (Å²) in [7, 11) is 2.85. The van der Waals surface area contributed by atoms with Crippen molar-refractivity contribution < 1.29 is 19.4 Å². The van der Waals surface area contributed by atoms with Crippen LogP contribution in [0.3, 0.4) is 0 Å². The maximum absolute atomic E-state index is 13.2. The van der Waals surface area contributed by atoms with E-state index in [-0.39, 0.29) is 17.2 Å². The number of hydrogen-bond acceptors (Lipinski definition) is 6. The maximum atomic E-state index is 13.2. The number of phenolic OH excluding ortho intramolecular Hbond substituents is 1. The Hall–Kier alpha value is -4.04. The average Bonchev–Trinajstić information content (AvgIpc) is 3.46. The van der Waals surface area contributed by atoms with Gasteiger partial charge < -0.3 is 14.6 Å². The number of hydrogen-bond donors (Lipinski definition) is 1. The molecule has 2 heterocycles. The van der Waals surface area contributed by atoms with E-state index >= 15 is 0 Å². The van der Waals surface area contributed by atoms with Crippen LogP contribution in [-0.2, 0) is 0 Å². The number of aromatic hydroxyl groups is 1. The van der Waals surface area contributed by atoms with Gasteiger partial charge in [0.15, 0.2) is 11.5 Å². The fourth-order valence-electron chi connectivity index (χ4n) is 3.28. The lowest BCUT2D eigenvalue weighted by atomic mass is 10.1. The minimum absolute atomic E-state index is 0.130. The van der Waals surface area contributed by atoms with Gasteiger partial charge in [-0.2, -0.15) is 0 Å². The molecule has 0 spiro atoms. The van der Waals surface area contributed by atoms with Crippen molar-refractivity contribution >= 4 is 23.3 Å². The van der Waals surface area contributed by atoms with Gasteiger partial charge in [-0.15, -0.1) is 11.3 Å². The summed E-state index contributed by atoms with van der Waals surface area (Å²) in [5.74, 6) is -0.208. The molecule has 0 fully saturated rings. The van der Waals surface area contributed by atoms with Gasteiger partial charge in [0.05, 0.1) is 30.5 Å². The second-order valence-corrected chi connectivity index (χ2v) is 7.71. The third-order valence-corrected chi connectivity index (χ3v) is 5.73. The molecule has 0 radical (unpaired) electrons. The van der Waals surface area contributed by atoms with Crippen molar-refractivity contribution in [1.29, 1.82) is 0 Å². The Morgan fingerprint density at radius 3 is 2.31 bits per heavy atom. The van der Waals surface area contributed by atoms with Crippen LogP contribution in [0.4, 0.5) is 0 Å². The predicted molar refractivity (Wildman–Crippen MR) is 124 cm³/mol. The molecular formula is C24H20N2O5S. The van der Waals surface area contributed by atoms with Crippen LogP contribution in [0.25, 0.3) is 22.3 Å². The number of carbonyl (C=O) groups excluding carboxylic acids is 1. The van der Waals surface area contributed by atoms with Crippen molar-refractivity contribution in [1.82, 2.24) is 9.13 Å². The molecule has 0 atom stereocenters. The van der Waals surface area contributed by atoms with Gasteiger partial charge >= 0.3 is 5.69 Å². The Morgan fingerprint density at radius 2 is 1.72 bits per heavy atom. The molecule has 2 aromatic carbocycles. The molecule has 32 heavy (non-hydrogen) atoms. The van der Waals surface area contributed by atoms with E-state index in [1.165, 1.54) is 42.3 Å². The molecule has 2 aromatic heterocycles. The molecular weight excluding hydrogens is 428 g/mol. The maximum Gasteiger partial charge on any atom is 0.340 e. The van der Waals surface area contributed by atoms with Crippen LogP contribution in [0.5, 0.6) is 17.2 Å². The highest BCUT2D eigenvalue weighted by Crippen LogP contribution is 2.37. The topological polar surface area (TPSA) is 82.7 Å². The molecule has 0 amide bonds. The van der Waals surface area contributed by atoms with E-state index in [1.54, 1.807) is 30.5 Å². The van der Waals surface area contributed by atoms with E-state index in [2.05, 4.69) is 0 Å². The first-order chi connectivity index (χ1) is 15.5. The third-order valence-electron chi connectivity index (χ3n) is 4.84. The van der Waals surface area contributed by atoms with E-state index < -0.39 is 11.6 Å². The highest BCUT2D eigenvalue weighted by atomic mass is 32.1. The number of ether oxygens (including phenoxy) is 2. The lowest BCUT2D eigenvalue weighted by Gasteiger charge is -2.09. The molecule has 162 valence electrons. The van der Waals surface area contributed by atoms with Crippen LogP contribution in [0.1, 0.15) is 10.4 Å². The Morgan fingerprint density at radius 1 is 1.03 bits per heavy atom. The van der Waals surface area contributed by atoms with Crippen LogP contribution in [-0.4, -0.2) is 34.4 Å². The number of methoxy groups -OCH3 is 2. The number of phenols is 1. The molecule has 0 saturated heterocycles. The number of nitrogens with zero attached hydrogens (tertiary/aromatic N) is 2. The van der Waals surface area contributed by atoms with Gasteiger partial charge in [-0.05, 0) is 47.4 Å². The van der Waals surface area contributed by atoms with Crippen molar-refractivity contribution in [3.8, 4) is 33.5 Å². The van der Waals surface area contributed by atoms with Gasteiger partial charge in [-0.3, -0.25) is 9.36 Å². The lowest BCUT2D eigenvalue weighted by molar-refractivity contribution is 0.0967. The number of aromatic nitrogens is 2. The fourth-order valence-corrected chi connectivity index (χ4v) is 4.01. The number of carbonyl (C=O) groups is 1. The number of thiophene rings is 1. The number of rotatable bonds is 6. The van der Waals surface area contributed by atoms with Gasteiger partial charge in [0.1, 0.15) is 0 Å². The molecule has 0 saturated carbocycles. The largest absolute Gasteiger partial charge is 0.502 e. The summed E-state index contributed by atoms with van der Waals surface area (Å²) >= 11 is 1.44. The zero-order valence-corrected chi connectivity index (χ0v) is 18.2. The SMILES string of the molecule is COc1cc(C=CC(=O)n2c(-c3cccs3)cn(-c3ccccc3)c2=O)cc(OC)c1O. The molecule has 1 N–H and O–H groups in total. The van der Waals surface area contributed by atoms with Gasteiger partial charge in [0.2, 0.25) is 5.75 Å². The van der Waals surface area contributed by atoms with Crippen molar-refractivity contribution in [2.24, 2.45) is 0 Å². The summed E-state index contributed by atoms with van der Waals surface area (Å²) in [6.07, 6.45) is 4.51. The average molecular weight is 449 g/mol.